The minimum atomic E-state index is -1.08. The fourth-order valence-corrected chi connectivity index (χ4v) is 1.88. The second-order valence-electron chi connectivity index (χ2n) is 5.15. The van der Waals surface area contributed by atoms with Crippen LogP contribution in [0, 0.1) is 0 Å². The number of aromatic carboxylic acids is 1. The van der Waals surface area contributed by atoms with Crippen LogP contribution in [0.3, 0.4) is 0 Å². The van der Waals surface area contributed by atoms with Crippen molar-refractivity contribution in [2.75, 3.05) is 12.4 Å². The van der Waals surface area contributed by atoms with E-state index in [2.05, 4.69) is 21.2 Å². The van der Waals surface area contributed by atoms with E-state index in [1.165, 1.54) is 6.07 Å². The third-order valence-electron chi connectivity index (χ3n) is 3.53. The summed E-state index contributed by atoms with van der Waals surface area (Å²) in [5, 5.41) is 11.8. The second kappa shape index (κ2) is 6.26. The van der Waals surface area contributed by atoms with Gasteiger partial charge in [0.1, 0.15) is 0 Å². The van der Waals surface area contributed by atoms with Crippen LogP contribution >= 0.6 is 15.9 Å². The van der Waals surface area contributed by atoms with E-state index in [0.717, 1.165) is 6.42 Å². The number of anilines is 1. The van der Waals surface area contributed by atoms with Crippen molar-refractivity contribution >= 4 is 33.6 Å². The summed E-state index contributed by atoms with van der Waals surface area (Å²) < 4.78 is 0.704. The summed E-state index contributed by atoms with van der Waals surface area (Å²) in [6, 6.07) is 4.32. The van der Waals surface area contributed by atoms with Gasteiger partial charge in [0.15, 0.2) is 0 Å². The molecule has 0 bridgehead atoms. The Morgan fingerprint density at radius 1 is 1.40 bits per heavy atom. The van der Waals surface area contributed by atoms with Gasteiger partial charge >= 0.3 is 12.0 Å². The van der Waals surface area contributed by atoms with Gasteiger partial charge in [-0.25, -0.2) is 9.59 Å². The Labute approximate surface area is 127 Å². The number of carbonyl (C=O) groups is 2. The lowest BCUT2D eigenvalue weighted by atomic mass is 10.0. The van der Waals surface area contributed by atoms with E-state index in [4.69, 9.17) is 5.11 Å². The molecule has 2 amide bonds. The van der Waals surface area contributed by atoms with Crippen LogP contribution in [0.4, 0.5) is 10.5 Å². The summed E-state index contributed by atoms with van der Waals surface area (Å²) in [7, 11) is 1.69. The Kier molecular flexibility index (Phi) is 5.16. The van der Waals surface area contributed by atoms with Gasteiger partial charge in [-0.1, -0.05) is 22.9 Å². The van der Waals surface area contributed by atoms with Gasteiger partial charge < -0.3 is 15.3 Å². The monoisotopic (exact) mass is 342 g/mol. The van der Waals surface area contributed by atoms with Crippen LogP contribution in [-0.4, -0.2) is 34.6 Å². The van der Waals surface area contributed by atoms with Gasteiger partial charge in [0.05, 0.1) is 11.3 Å². The molecule has 0 radical (unpaired) electrons. The molecule has 0 heterocycles. The molecule has 1 rings (SSSR count). The zero-order chi connectivity index (χ0) is 15.5. The molecule has 0 unspecified atom stereocenters. The highest BCUT2D eigenvalue weighted by Gasteiger charge is 2.26. The molecule has 110 valence electrons. The minimum Gasteiger partial charge on any atom is -0.478 e. The van der Waals surface area contributed by atoms with Gasteiger partial charge in [0, 0.05) is 17.1 Å². The first-order valence-electron chi connectivity index (χ1n) is 6.26. The van der Waals surface area contributed by atoms with E-state index < -0.39 is 5.97 Å². The molecule has 20 heavy (non-hydrogen) atoms. The first-order chi connectivity index (χ1) is 9.19. The zero-order valence-corrected chi connectivity index (χ0v) is 13.6. The van der Waals surface area contributed by atoms with Gasteiger partial charge in [-0.15, -0.1) is 0 Å². The number of carboxylic acid groups (broad SMARTS) is 1. The van der Waals surface area contributed by atoms with Crippen molar-refractivity contribution in [3.63, 3.8) is 0 Å². The Bertz CT molecular complexity index is 529. The molecule has 0 fully saturated rings. The van der Waals surface area contributed by atoms with Crippen molar-refractivity contribution in [1.82, 2.24) is 4.90 Å². The molecule has 0 atom stereocenters. The minimum absolute atomic E-state index is 0.0595. The van der Waals surface area contributed by atoms with Crippen molar-refractivity contribution in [1.29, 1.82) is 0 Å². The molecule has 2 N–H and O–H groups in total. The molecule has 0 aliphatic rings. The van der Waals surface area contributed by atoms with Gasteiger partial charge in [-0.05, 0) is 38.5 Å². The van der Waals surface area contributed by atoms with Crippen LogP contribution in [0.1, 0.15) is 37.6 Å². The molecular weight excluding hydrogens is 324 g/mol. The Hall–Kier alpha value is -1.56. The molecule has 6 heteroatoms. The van der Waals surface area contributed by atoms with Crippen molar-refractivity contribution in [2.45, 2.75) is 32.7 Å². The molecule has 0 aliphatic carbocycles. The zero-order valence-electron chi connectivity index (χ0n) is 12.0. The van der Waals surface area contributed by atoms with Gasteiger partial charge in [-0.2, -0.15) is 0 Å². The van der Waals surface area contributed by atoms with Crippen molar-refractivity contribution < 1.29 is 14.7 Å². The smallest absolute Gasteiger partial charge is 0.337 e. The highest BCUT2D eigenvalue weighted by molar-refractivity contribution is 9.10. The standard InChI is InChI=1S/C14H19BrN2O3/c1-5-14(2,3)17(4)13(20)16-11-8-9(15)6-7-10(11)12(18)19/h6-8H,5H2,1-4H3,(H,16,20)(H,18,19). The third kappa shape index (κ3) is 3.72. The number of hydrogen-bond acceptors (Lipinski definition) is 2. The lowest BCUT2D eigenvalue weighted by Crippen LogP contribution is -2.46. The quantitative estimate of drug-likeness (QED) is 0.874. The molecular formula is C14H19BrN2O3. The van der Waals surface area contributed by atoms with Gasteiger partial charge in [0.25, 0.3) is 0 Å². The van der Waals surface area contributed by atoms with E-state index in [0.29, 0.717) is 4.47 Å². The maximum absolute atomic E-state index is 12.2. The summed E-state index contributed by atoms with van der Waals surface area (Å²) in [6.45, 7) is 5.89. The van der Waals surface area contributed by atoms with Gasteiger partial charge in [0.2, 0.25) is 0 Å². The van der Waals surface area contributed by atoms with Crippen molar-refractivity contribution in [3.05, 3.63) is 28.2 Å². The largest absolute Gasteiger partial charge is 0.478 e. The first kappa shape index (κ1) is 16.5. The molecule has 0 aromatic heterocycles. The number of hydrogen-bond donors (Lipinski definition) is 2. The number of halogens is 1. The summed E-state index contributed by atoms with van der Waals surface area (Å²) in [5.74, 6) is -1.08. The van der Waals surface area contributed by atoms with Crippen molar-refractivity contribution in [3.8, 4) is 0 Å². The van der Waals surface area contributed by atoms with Crippen LogP contribution in [-0.2, 0) is 0 Å². The normalized spacial score (nSPS) is 11.1. The summed E-state index contributed by atoms with van der Waals surface area (Å²) in [5.41, 5.74) is 0.0272. The number of amides is 2. The predicted molar refractivity (Wildman–Crippen MR) is 82.3 cm³/mol. The van der Waals surface area contributed by atoms with Crippen LogP contribution in [0.5, 0.6) is 0 Å². The molecule has 0 saturated heterocycles. The lowest BCUT2D eigenvalue weighted by Gasteiger charge is -2.34. The number of benzene rings is 1. The topological polar surface area (TPSA) is 69.6 Å². The van der Waals surface area contributed by atoms with E-state index in [9.17, 15) is 9.59 Å². The molecule has 1 aromatic carbocycles. The number of nitrogens with one attached hydrogen (secondary N) is 1. The molecule has 0 aliphatic heterocycles. The van der Waals surface area contributed by atoms with Crippen LogP contribution < -0.4 is 5.32 Å². The number of rotatable bonds is 4. The van der Waals surface area contributed by atoms with E-state index in [-0.39, 0.29) is 22.8 Å². The lowest BCUT2D eigenvalue weighted by molar-refractivity contribution is 0.0698. The molecule has 0 spiro atoms. The van der Waals surface area contributed by atoms with E-state index >= 15 is 0 Å². The molecule has 5 nitrogen and oxygen atoms in total. The molecule has 0 saturated carbocycles. The van der Waals surface area contributed by atoms with Gasteiger partial charge in [-0.3, -0.25) is 0 Å². The van der Waals surface area contributed by atoms with Crippen LogP contribution in [0.25, 0.3) is 0 Å². The summed E-state index contributed by atoms with van der Waals surface area (Å²) in [4.78, 5) is 24.9. The van der Waals surface area contributed by atoms with Crippen LogP contribution in [0.15, 0.2) is 22.7 Å². The van der Waals surface area contributed by atoms with Crippen LogP contribution in [0.2, 0.25) is 0 Å². The van der Waals surface area contributed by atoms with E-state index in [1.54, 1.807) is 24.1 Å². The first-order valence-corrected chi connectivity index (χ1v) is 7.06. The average Bonchev–Trinajstić information content (AvgIpc) is 2.37. The predicted octanol–water partition coefficient (Wildman–Crippen LogP) is 3.80. The second-order valence-corrected chi connectivity index (χ2v) is 6.07. The Morgan fingerprint density at radius 3 is 2.50 bits per heavy atom. The maximum Gasteiger partial charge on any atom is 0.337 e. The SMILES string of the molecule is CCC(C)(C)N(C)C(=O)Nc1cc(Br)ccc1C(=O)O. The fraction of sp³-hybridized carbons (Fsp3) is 0.429. The highest BCUT2D eigenvalue weighted by Crippen LogP contribution is 2.23. The van der Waals surface area contributed by atoms with E-state index in [1.807, 2.05) is 20.8 Å². The number of nitrogens with zero attached hydrogens (tertiary/aromatic N) is 1. The molecule has 1 aromatic rings. The Balaban J connectivity index is 3.02. The average molecular weight is 343 g/mol. The maximum atomic E-state index is 12.2. The number of urea groups is 1. The highest BCUT2D eigenvalue weighted by atomic mass is 79.9. The fourth-order valence-electron chi connectivity index (χ4n) is 1.52. The number of carboxylic acids is 1. The Morgan fingerprint density at radius 2 is 2.00 bits per heavy atom. The third-order valence-corrected chi connectivity index (χ3v) is 4.02. The summed E-state index contributed by atoms with van der Waals surface area (Å²) >= 11 is 3.27. The van der Waals surface area contributed by atoms with Crippen molar-refractivity contribution in [2.24, 2.45) is 0 Å². The summed E-state index contributed by atoms with van der Waals surface area (Å²) in [6.07, 6.45) is 0.793. The number of carbonyl (C=O) groups excluding carboxylic acids is 1.